The van der Waals surface area contributed by atoms with E-state index in [1.54, 1.807) is 12.4 Å². The lowest BCUT2D eigenvalue weighted by molar-refractivity contribution is -0.124. The maximum Gasteiger partial charge on any atom is 0.258 e. The van der Waals surface area contributed by atoms with Crippen LogP contribution in [0, 0.1) is 0 Å². The van der Waals surface area contributed by atoms with Crippen LogP contribution in [0.2, 0.25) is 0 Å². The fourth-order valence-electron chi connectivity index (χ4n) is 4.55. The van der Waals surface area contributed by atoms with Crippen LogP contribution in [-0.2, 0) is 4.79 Å². The Kier molecular flexibility index (Phi) is 6.84. The molecule has 7 nitrogen and oxygen atoms in total. The summed E-state index contributed by atoms with van der Waals surface area (Å²) in [5, 5.41) is 7.21. The third kappa shape index (κ3) is 5.40. The number of carbonyl (C=O) groups is 1. The monoisotopic (exact) mass is 467 g/mol. The van der Waals surface area contributed by atoms with Gasteiger partial charge in [0.15, 0.2) is 12.4 Å². The van der Waals surface area contributed by atoms with Gasteiger partial charge in [0.25, 0.3) is 5.91 Å². The average Bonchev–Trinajstić information content (AvgIpc) is 2.92. The van der Waals surface area contributed by atoms with Gasteiger partial charge in [0.05, 0.1) is 5.52 Å². The van der Waals surface area contributed by atoms with Gasteiger partial charge >= 0.3 is 0 Å². The molecule has 35 heavy (non-hydrogen) atoms. The van der Waals surface area contributed by atoms with Crippen molar-refractivity contribution in [2.45, 2.75) is 38.1 Å². The molecular weight excluding hydrogens is 438 g/mol. The molecule has 4 aromatic rings. The summed E-state index contributed by atoms with van der Waals surface area (Å²) in [6, 6.07) is 18.0. The van der Waals surface area contributed by atoms with E-state index in [1.807, 2.05) is 61.6 Å². The van der Waals surface area contributed by atoms with Gasteiger partial charge in [-0.3, -0.25) is 9.78 Å². The average molecular weight is 468 g/mol. The van der Waals surface area contributed by atoms with Crippen molar-refractivity contribution in [1.82, 2.24) is 20.3 Å². The highest BCUT2D eigenvalue weighted by Gasteiger charge is 2.16. The molecule has 0 bridgehead atoms. The molecular formula is C28H29N5O2. The Morgan fingerprint density at radius 1 is 0.971 bits per heavy atom. The number of hydrogen-bond acceptors (Lipinski definition) is 6. The molecule has 1 aliphatic carbocycles. The lowest BCUT2D eigenvalue weighted by atomic mass is 9.95. The summed E-state index contributed by atoms with van der Waals surface area (Å²) < 4.78 is 5.82. The molecule has 1 amide bonds. The second-order valence-electron chi connectivity index (χ2n) is 8.84. The zero-order valence-electron chi connectivity index (χ0n) is 19.8. The number of carbonyl (C=O) groups excluding carboxylic acids is 1. The van der Waals surface area contributed by atoms with Gasteiger partial charge in [-0.2, -0.15) is 0 Å². The van der Waals surface area contributed by atoms with Crippen molar-refractivity contribution in [3.05, 3.63) is 67.0 Å². The molecule has 1 fully saturated rings. The predicted molar refractivity (Wildman–Crippen MR) is 138 cm³/mol. The second-order valence-corrected chi connectivity index (χ2v) is 8.84. The second kappa shape index (κ2) is 10.5. The number of hydrogen-bond donors (Lipinski definition) is 2. The van der Waals surface area contributed by atoms with E-state index >= 15 is 0 Å². The van der Waals surface area contributed by atoms with Crippen molar-refractivity contribution in [2.75, 3.05) is 19.0 Å². The maximum atomic E-state index is 12.3. The maximum absolute atomic E-state index is 12.3. The van der Waals surface area contributed by atoms with Crippen molar-refractivity contribution in [3.63, 3.8) is 0 Å². The number of rotatable bonds is 7. The summed E-state index contributed by atoms with van der Waals surface area (Å²) in [4.78, 5) is 26.0. The number of aromatic nitrogens is 3. The first-order valence-electron chi connectivity index (χ1n) is 12.1. The molecule has 7 heteroatoms. The van der Waals surface area contributed by atoms with Crippen molar-refractivity contribution in [3.8, 4) is 28.3 Å². The molecule has 0 unspecified atom stereocenters. The first-order chi connectivity index (χ1) is 17.2. The fraction of sp³-hybridized carbons (Fsp3) is 0.286. The number of fused-ring (bicyclic) bond motifs is 1. The number of benzene rings is 2. The molecule has 1 saturated carbocycles. The number of nitrogens with one attached hydrogen (secondary N) is 2. The number of anilines is 1. The summed E-state index contributed by atoms with van der Waals surface area (Å²) in [5.41, 5.74) is 3.69. The minimum Gasteiger partial charge on any atom is -0.484 e. The van der Waals surface area contributed by atoms with Crippen LogP contribution in [0.1, 0.15) is 32.1 Å². The molecule has 2 heterocycles. The van der Waals surface area contributed by atoms with Crippen molar-refractivity contribution < 1.29 is 9.53 Å². The number of ether oxygens (including phenoxy) is 1. The van der Waals surface area contributed by atoms with E-state index in [9.17, 15) is 4.79 Å². The van der Waals surface area contributed by atoms with E-state index in [1.165, 1.54) is 19.3 Å². The smallest absolute Gasteiger partial charge is 0.258 e. The van der Waals surface area contributed by atoms with Crippen molar-refractivity contribution >= 4 is 22.6 Å². The highest BCUT2D eigenvalue weighted by molar-refractivity contribution is 5.93. The number of amides is 1. The fourth-order valence-corrected chi connectivity index (χ4v) is 4.55. The molecule has 0 atom stereocenters. The minimum absolute atomic E-state index is 0.0187. The van der Waals surface area contributed by atoms with Crippen LogP contribution in [0.4, 0.5) is 5.82 Å². The van der Waals surface area contributed by atoms with E-state index in [-0.39, 0.29) is 18.6 Å². The van der Waals surface area contributed by atoms with Gasteiger partial charge in [-0.1, -0.05) is 37.5 Å². The third-order valence-corrected chi connectivity index (χ3v) is 6.36. The molecule has 0 aliphatic heterocycles. The topological polar surface area (TPSA) is 89.0 Å². The molecule has 2 N–H and O–H groups in total. The van der Waals surface area contributed by atoms with E-state index < -0.39 is 0 Å². The number of nitrogens with zero attached hydrogens (tertiary/aromatic N) is 3. The van der Waals surface area contributed by atoms with Gasteiger partial charge in [-0.25, -0.2) is 9.97 Å². The standard InChI is InChI=1S/C28H29N5O2/c1-29-28-24-13-12-20(16-25(24)32-27(33-28)21-8-6-14-30-17-21)19-7-5-11-23(15-19)35-18-26(34)31-22-9-3-2-4-10-22/h5-8,11-17,22H,2-4,9-10,18H2,1H3,(H,31,34)(H,29,32,33). The Hall–Kier alpha value is -4.00. The molecule has 178 valence electrons. The van der Waals surface area contributed by atoms with Gasteiger partial charge < -0.3 is 15.4 Å². The van der Waals surface area contributed by atoms with Crippen LogP contribution in [0.15, 0.2) is 67.0 Å². The van der Waals surface area contributed by atoms with Gasteiger partial charge in [0, 0.05) is 36.4 Å². The predicted octanol–water partition coefficient (Wildman–Crippen LogP) is 5.23. The van der Waals surface area contributed by atoms with Crippen molar-refractivity contribution in [1.29, 1.82) is 0 Å². The lowest BCUT2D eigenvalue weighted by Crippen LogP contribution is -2.38. The summed E-state index contributed by atoms with van der Waals surface area (Å²) in [5.74, 6) is 1.98. The quantitative estimate of drug-likeness (QED) is 0.387. The Bertz CT molecular complexity index is 1320. The largest absolute Gasteiger partial charge is 0.484 e. The Labute approximate surface area is 205 Å². The molecule has 2 aromatic heterocycles. The lowest BCUT2D eigenvalue weighted by Gasteiger charge is -2.22. The van der Waals surface area contributed by atoms with E-state index in [4.69, 9.17) is 9.72 Å². The molecule has 0 saturated heterocycles. The SMILES string of the molecule is CNc1nc(-c2cccnc2)nc2cc(-c3cccc(OCC(=O)NC4CCCCC4)c3)ccc12. The van der Waals surface area contributed by atoms with Gasteiger partial charge in [-0.05, 0) is 60.4 Å². The van der Waals surface area contributed by atoms with Crippen LogP contribution in [0.3, 0.4) is 0 Å². The Balaban J connectivity index is 1.36. The van der Waals surface area contributed by atoms with Crippen LogP contribution in [0.5, 0.6) is 5.75 Å². The Morgan fingerprint density at radius 2 is 1.80 bits per heavy atom. The molecule has 0 spiro atoms. The zero-order chi connectivity index (χ0) is 24.0. The molecule has 5 rings (SSSR count). The molecule has 1 aliphatic rings. The summed E-state index contributed by atoms with van der Waals surface area (Å²) >= 11 is 0. The highest BCUT2D eigenvalue weighted by atomic mass is 16.5. The minimum atomic E-state index is -0.0627. The highest BCUT2D eigenvalue weighted by Crippen LogP contribution is 2.30. The van der Waals surface area contributed by atoms with Gasteiger partial charge in [0.2, 0.25) is 0 Å². The third-order valence-electron chi connectivity index (χ3n) is 6.36. The van der Waals surface area contributed by atoms with Gasteiger partial charge in [0.1, 0.15) is 11.6 Å². The Morgan fingerprint density at radius 3 is 2.60 bits per heavy atom. The normalized spacial score (nSPS) is 14.0. The number of pyridine rings is 1. The van der Waals surface area contributed by atoms with E-state index in [0.717, 1.165) is 46.3 Å². The molecule has 0 radical (unpaired) electrons. The van der Waals surface area contributed by atoms with Crippen LogP contribution < -0.4 is 15.4 Å². The van der Waals surface area contributed by atoms with E-state index in [0.29, 0.717) is 11.6 Å². The van der Waals surface area contributed by atoms with Crippen LogP contribution in [0.25, 0.3) is 33.4 Å². The first kappa shape index (κ1) is 22.8. The summed E-state index contributed by atoms with van der Waals surface area (Å²) in [7, 11) is 1.86. The summed E-state index contributed by atoms with van der Waals surface area (Å²) in [6.45, 7) is 0.0187. The van der Waals surface area contributed by atoms with Crippen LogP contribution in [-0.4, -0.2) is 40.6 Å². The molecule has 2 aromatic carbocycles. The van der Waals surface area contributed by atoms with Gasteiger partial charge in [-0.15, -0.1) is 0 Å². The van der Waals surface area contributed by atoms with E-state index in [2.05, 4.69) is 20.6 Å². The van der Waals surface area contributed by atoms with Crippen molar-refractivity contribution in [2.24, 2.45) is 0 Å². The first-order valence-corrected chi connectivity index (χ1v) is 12.1. The zero-order valence-corrected chi connectivity index (χ0v) is 19.8. The van der Waals surface area contributed by atoms with Crippen LogP contribution >= 0.6 is 0 Å². The summed E-state index contributed by atoms with van der Waals surface area (Å²) in [6.07, 6.45) is 9.24.